The third-order valence-corrected chi connectivity index (χ3v) is 3.17. The van der Waals surface area contributed by atoms with Gasteiger partial charge in [-0.2, -0.15) is 13.2 Å². The molecule has 1 heterocycles. The first-order valence-corrected chi connectivity index (χ1v) is 5.99. The van der Waals surface area contributed by atoms with Gasteiger partial charge in [0.2, 0.25) is 5.28 Å². The first kappa shape index (κ1) is 13.2. The fourth-order valence-electron chi connectivity index (χ4n) is 1.24. The highest BCUT2D eigenvalue weighted by atomic mass is 35.5. The largest absolute Gasteiger partial charge is 0.434 e. The van der Waals surface area contributed by atoms with Crippen molar-refractivity contribution >= 4 is 23.4 Å². The zero-order chi connectivity index (χ0) is 13.2. The van der Waals surface area contributed by atoms with Gasteiger partial charge in [0.05, 0.1) is 4.90 Å². The van der Waals surface area contributed by atoms with Crippen molar-refractivity contribution in [1.29, 1.82) is 0 Å². The number of rotatable bonds is 2. The molecule has 1 aromatic heterocycles. The van der Waals surface area contributed by atoms with Gasteiger partial charge in [-0.05, 0) is 23.7 Å². The molecule has 0 fully saturated rings. The number of aromatic nitrogens is 2. The van der Waals surface area contributed by atoms with Crippen LogP contribution in [-0.2, 0) is 6.18 Å². The van der Waals surface area contributed by atoms with Crippen LogP contribution in [0.5, 0.6) is 0 Å². The van der Waals surface area contributed by atoms with E-state index in [1.54, 1.807) is 30.3 Å². The minimum atomic E-state index is -4.55. The van der Waals surface area contributed by atoms with E-state index in [2.05, 4.69) is 9.97 Å². The van der Waals surface area contributed by atoms with Crippen LogP contribution in [0, 0.1) is 0 Å². The molecule has 0 bridgehead atoms. The van der Waals surface area contributed by atoms with Crippen LogP contribution in [-0.4, -0.2) is 9.97 Å². The quantitative estimate of drug-likeness (QED) is 0.771. The van der Waals surface area contributed by atoms with Gasteiger partial charge in [-0.25, -0.2) is 9.97 Å². The van der Waals surface area contributed by atoms with Gasteiger partial charge in [0.25, 0.3) is 0 Å². The summed E-state index contributed by atoms with van der Waals surface area (Å²) in [5.41, 5.74) is -1.02. The lowest BCUT2D eigenvalue weighted by Gasteiger charge is -2.10. The summed E-state index contributed by atoms with van der Waals surface area (Å²) in [7, 11) is 0. The van der Waals surface area contributed by atoms with Gasteiger partial charge in [-0.15, -0.1) is 0 Å². The molecule has 0 N–H and O–H groups in total. The molecule has 0 radical (unpaired) electrons. The minimum absolute atomic E-state index is 0.0712. The predicted octanol–water partition coefficient (Wildman–Crippen LogP) is 4.30. The molecule has 1 aromatic carbocycles. The first-order valence-electron chi connectivity index (χ1n) is 4.79. The molecule has 0 spiro atoms. The predicted molar refractivity (Wildman–Crippen MR) is 62.6 cm³/mol. The van der Waals surface area contributed by atoms with Crippen LogP contribution in [0.2, 0.25) is 5.28 Å². The van der Waals surface area contributed by atoms with Gasteiger partial charge in [0, 0.05) is 11.1 Å². The van der Waals surface area contributed by atoms with Gasteiger partial charge in [-0.3, -0.25) is 0 Å². The average Bonchev–Trinajstić information content (AvgIpc) is 2.31. The van der Waals surface area contributed by atoms with Crippen molar-refractivity contribution < 1.29 is 13.2 Å². The Hall–Kier alpha value is -1.27. The number of halogens is 4. The van der Waals surface area contributed by atoms with Crippen LogP contribution in [0.25, 0.3) is 0 Å². The lowest BCUT2D eigenvalue weighted by Crippen LogP contribution is -2.10. The molecule has 0 aliphatic rings. The average molecular weight is 291 g/mol. The van der Waals surface area contributed by atoms with Gasteiger partial charge in [-0.1, -0.05) is 30.0 Å². The van der Waals surface area contributed by atoms with E-state index in [-0.39, 0.29) is 4.90 Å². The Balaban J connectivity index is 2.39. The van der Waals surface area contributed by atoms with Crippen molar-refractivity contribution in [2.24, 2.45) is 0 Å². The van der Waals surface area contributed by atoms with Gasteiger partial charge >= 0.3 is 6.18 Å². The summed E-state index contributed by atoms with van der Waals surface area (Å²) in [5.74, 6) is 0. The molecule has 2 aromatic rings. The van der Waals surface area contributed by atoms with Crippen molar-refractivity contribution in [3.63, 3.8) is 0 Å². The van der Waals surface area contributed by atoms with E-state index < -0.39 is 17.2 Å². The maximum Gasteiger partial charge on any atom is 0.434 e. The lowest BCUT2D eigenvalue weighted by atomic mass is 10.4. The van der Waals surface area contributed by atoms with Crippen LogP contribution in [0.3, 0.4) is 0 Å². The first-order chi connectivity index (χ1) is 8.47. The molecule has 7 heteroatoms. The lowest BCUT2D eigenvalue weighted by molar-refractivity contribution is -0.143. The van der Waals surface area contributed by atoms with Crippen LogP contribution < -0.4 is 0 Å². The Morgan fingerprint density at radius 3 is 2.39 bits per heavy atom. The summed E-state index contributed by atoms with van der Waals surface area (Å²) in [6.45, 7) is 0. The van der Waals surface area contributed by atoms with Crippen molar-refractivity contribution in [2.75, 3.05) is 0 Å². The highest BCUT2D eigenvalue weighted by Crippen LogP contribution is 2.38. The summed E-state index contributed by atoms with van der Waals surface area (Å²) < 4.78 is 38.3. The Labute approximate surface area is 110 Å². The Bertz CT molecular complexity index is 546. The molecule has 0 aliphatic carbocycles. The SMILES string of the molecule is FC(F)(F)c1nc(Cl)ncc1Sc1ccccc1. The van der Waals surface area contributed by atoms with E-state index in [9.17, 15) is 13.2 Å². The molecular weight excluding hydrogens is 285 g/mol. The maximum atomic E-state index is 12.8. The fourth-order valence-corrected chi connectivity index (χ4v) is 2.29. The molecule has 0 unspecified atom stereocenters. The van der Waals surface area contributed by atoms with Crippen molar-refractivity contribution in [1.82, 2.24) is 9.97 Å². The zero-order valence-electron chi connectivity index (χ0n) is 8.78. The zero-order valence-corrected chi connectivity index (χ0v) is 10.4. The molecule has 18 heavy (non-hydrogen) atoms. The number of alkyl halides is 3. The molecule has 0 saturated heterocycles. The molecular formula is C11H6ClF3N2S. The third-order valence-electron chi connectivity index (χ3n) is 1.97. The standard InChI is InChI=1S/C11H6ClF3N2S/c12-10-16-6-8(9(17-10)11(13,14)15)18-7-4-2-1-3-5-7/h1-6H. The minimum Gasteiger partial charge on any atom is -0.225 e. The third kappa shape index (κ3) is 3.14. The second-order valence-corrected chi connectivity index (χ2v) is 4.72. The van der Waals surface area contributed by atoms with E-state index in [1.807, 2.05) is 0 Å². The maximum absolute atomic E-state index is 12.8. The van der Waals surface area contributed by atoms with Crippen LogP contribution >= 0.6 is 23.4 Å². The second kappa shape index (κ2) is 5.16. The van der Waals surface area contributed by atoms with Gasteiger partial charge < -0.3 is 0 Å². The number of hydrogen-bond acceptors (Lipinski definition) is 3. The van der Waals surface area contributed by atoms with Gasteiger partial charge in [0.15, 0.2) is 5.69 Å². The normalized spacial score (nSPS) is 11.6. The summed E-state index contributed by atoms with van der Waals surface area (Å²) >= 11 is 6.34. The van der Waals surface area contributed by atoms with Crippen molar-refractivity contribution in [2.45, 2.75) is 16.0 Å². The van der Waals surface area contributed by atoms with Crippen molar-refractivity contribution in [3.8, 4) is 0 Å². The highest BCUT2D eigenvalue weighted by Gasteiger charge is 2.36. The Kier molecular flexibility index (Phi) is 3.77. The van der Waals surface area contributed by atoms with E-state index in [1.165, 1.54) is 0 Å². The molecule has 0 aliphatic heterocycles. The monoisotopic (exact) mass is 290 g/mol. The molecule has 0 amide bonds. The fraction of sp³-hybridized carbons (Fsp3) is 0.0909. The summed E-state index contributed by atoms with van der Waals surface area (Å²) in [6.07, 6.45) is -3.47. The van der Waals surface area contributed by atoms with Crippen molar-refractivity contribution in [3.05, 3.63) is 47.5 Å². The van der Waals surface area contributed by atoms with E-state index in [0.717, 1.165) is 18.0 Å². The van der Waals surface area contributed by atoms with Crippen LogP contribution in [0.1, 0.15) is 5.69 Å². The van der Waals surface area contributed by atoms with Gasteiger partial charge in [0.1, 0.15) is 0 Å². The van der Waals surface area contributed by atoms with Crippen LogP contribution in [0.15, 0.2) is 46.3 Å². The number of hydrogen-bond donors (Lipinski definition) is 0. The number of nitrogens with zero attached hydrogens (tertiary/aromatic N) is 2. The van der Waals surface area contributed by atoms with Crippen LogP contribution in [0.4, 0.5) is 13.2 Å². The molecule has 2 rings (SSSR count). The van der Waals surface area contributed by atoms with E-state index >= 15 is 0 Å². The molecule has 0 saturated carbocycles. The highest BCUT2D eigenvalue weighted by molar-refractivity contribution is 7.99. The second-order valence-electron chi connectivity index (χ2n) is 3.26. The smallest absolute Gasteiger partial charge is 0.225 e. The molecule has 0 atom stereocenters. The molecule has 94 valence electrons. The summed E-state index contributed by atoms with van der Waals surface area (Å²) in [4.78, 5) is 7.44. The Morgan fingerprint density at radius 1 is 1.11 bits per heavy atom. The van der Waals surface area contributed by atoms with E-state index in [0.29, 0.717) is 4.90 Å². The van der Waals surface area contributed by atoms with E-state index in [4.69, 9.17) is 11.6 Å². The topological polar surface area (TPSA) is 25.8 Å². The summed E-state index contributed by atoms with van der Waals surface area (Å²) in [5, 5.41) is -0.417. The number of benzene rings is 1. The Morgan fingerprint density at radius 2 is 1.78 bits per heavy atom. The summed E-state index contributed by atoms with van der Waals surface area (Å²) in [6, 6.07) is 8.69. The molecule has 2 nitrogen and oxygen atoms in total.